The maximum Gasteiger partial charge on any atom is -1.00 e. The summed E-state index contributed by atoms with van der Waals surface area (Å²) in [6.45, 7) is 6.88. The Morgan fingerprint density at radius 3 is 1.00 bits per heavy atom. The molecule has 6 aromatic carbocycles. The average Bonchev–Trinajstić information content (AvgIpc) is 3.87. The van der Waals surface area contributed by atoms with E-state index in [-0.39, 0.29) is 24.8 Å². The molecule has 8 rings (SSSR count). The molecule has 0 aliphatic heterocycles. The molecule has 0 amide bonds. The van der Waals surface area contributed by atoms with Crippen molar-refractivity contribution < 1.29 is 66.6 Å². The molecule has 2 atom stereocenters. The molecular weight excluding hydrogens is 1090 g/mol. The first-order valence-corrected chi connectivity index (χ1v) is 43.4. The van der Waals surface area contributed by atoms with Gasteiger partial charge in [0.1, 0.15) is 0 Å². The summed E-state index contributed by atoms with van der Waals surface area (Å²) in [6.07, 6.45) is 12.2. The molecule has 2 aliphatic rings. The van der Waals surface area contributed by atoms with E-state index in [2.05, 4.69) is 215 Å². The molecule has 2 N–H and O–H groups in total. The van der Waals surface area contributed by atoms with Crippen molar-refractivity contribution >= 4 is 44.9 Å². The fourth-order valence-electron chi connectivity index (χ4n) is 8.05. The van der Waals surface area contributed by atoms with E-state index in [0.717, 1.165) is 13.1 Å². The van der Waals surface area contributed by atoms with Gasteiger partial charge >= 0.3 is 345 Å². The number of benzene rings is 6. The zero-order chi connectivity index (χ0) is 37.0. The van der Waals surface area contributed by atoms with Gasteiger partial charge in [-0.15, -0.1) is 0 Å². The van der Waals surface area contributed by atoms with Crippen LogP contribution in [0.2, 0.25) is 0 Å². The maximum atomic E-state index is 4.17. The van der Waals surface area contributed by atoms with E-state index in [1.54, 1.807) is 31.9 Å². The van der Waals surface area contributed by atoms with E-state index < -0.39 is 53.8 Å². The Bertz CT molecular complexity index is 1870. The van der Waals surface area contributed by atoms with Crippen LogP contribution in [0.5, 0.6) is 0 Å². The second-order valence-electron chi connectivity index (χ2n) is 14.2. The molecule has 0 bridgehead atoms. The second kappa shape index (κ2) is 23.2. The van der Waals surface area contributed by atoms with Gasteiger partial charge < -0.3 is 24.8 Å². The van der Waals surface area contributed by atoms with Gasteiger partial charge in [0.05, 0.1) is 0 Å². The van der Waals surface area contributed by atoms with Crippen LogP contribution in [0.1, 0.15) is 56.3 Å². The SMILES string of the molecule is CCC[NH][Hf+]([CH]1C=Cc2ccccc21)[SiH](c1ccccc1)c1ccccc1.CCC[NH][Hf+]([CH]1C=Cc2ccccc21)[SiH](c1ccccc1)c1ccccc1.[Cl-].[Cl-]. The van der Waals surface area contributed by atoms with Gasteiger partial charge in [0.15, 0.2) is 0 Å². The fraction of sp³-hybridized carbons (Fsp3) is 0.167. The summed E-state index contributed by atoms with van der Waals surface area (Å²) in [4.78, 5) is 0. The van der Waals surface area contributed by atoms with E-state index >= 15 is 0 Å². The fourth-order valence-corrected chi connectivity index (χ4v) is 68.8. The van der Waals surface area contributed by atoms with Crippen LogP contribution in [0.4, 0.5) is 0 Å². The average molecular weight is 1140 g/mol. The normalized spacial score (nSPS) is 14.6. The first-order chi connectivity index (χ1) is 26.8. The summed E-state index contributed by atoms with van der Waals surface area (Å²) in [5.41, 5.74) is 5.98. The van der Waals surface area contributed by atoms with Gasteiger partial charge in [0, 0.05) is 0 Å². The van der Waals surface area contributed by atoms with Crippen LogP contribution >= 0.6 is 0 Å². The van der Waals surface area contributed by atoms with Gasteiger partial charge in [-0.3, -0.25) is 0 Å². The van der Waals surface area contributed by atoms with Gasteiger partial charge in [0.2, 0.25) is 0 Å². The number of allylic oxidation sites excluding steroid dienone is 2. The Kier molecular flexibility index (Phi) is 18.4. The molecule has 8 heteroatoms. The summed E-state index contributed by atoms with van der Waals surface area (Å²) in [6, 6.07) is 63.4. The Labute approximate surface area is 365 Å². The second-order valence-corrected chi connectivity index (χ2v) is 54.8. The number of hydrogen-bond acceptors (Lipinski definition) is 2. The predicted octanol–water partition coefficient (Wildman–Crippen LogP) is 1.66. The molecule has 2 aliphatic carbocycles. The molecule has 6 aromatic rings. The monoisotopic (exact) mass is 1140 g/mol. The summed E-state index contributed by atoms with van der Waals surface area (Å²) in [7, 11) is 0. The number of rotatable bonds is 14. The van der Waals surface area contributed by atoms with Crippen molar-refractivity contribution in [1.82, 2.24) is 6.61 Å². The predicted molar refractivity (Wildman–Crippen MR) is 232 cm³/mol. The number of hydrogen-bond donors (Lipinski definition) is 2. The smallest absolute Gasteiger partial charge is 1.00 e. The first-order valence-electron chi connectivity index (χ1n) is 19.7. The van der Waals surface area contributed by atoms with Crippen LogP contribution in [0.3, 0.4) is 0 Å². The quantitative estimate of drug-likeness (QED) is 0.163. The molecule has 0 radical (unpaired) electrons. The molecule has 2 nitrogen and oxygen atoms in total. The van der Waals surface area contributed by atoms with Crippen LogP contribution in [-0.2, 0) is 41.8 Å². The third-order valence-electron chi connectivity index (χ3n) is 10.6. The standard InChI is InChI=1S/2C12H11Si.2C9H7.2C3H8N.2ClH.2Hf/c2*1-3-7-11(8-4-1)13-12-9-5-2-6-10-12;2*1-2-5-9-7-3-6-8(9)4-1;2*1-2-3-4;;;;/h2*1-10,13H;2*1-7H;2*4H,2-3H2,1H3;2*1H;;/q;;;;2*-1;;;2*+2/p-2. The minimum Gasteiger partial charge on any atom is -1.00 e. The van der Waals surface area contributed by atoms with Crippen molar-refractivity contribution in [2.24, 2.45) is 0 Å². The number of nitrogens with one attached hydrogen (secondary N) is 2. The largest absolute Gasteiger partial charge is 1.00 e. The van der Waals surface area contributed by atoms with Crippen LogP contribution in [0, 0.1) is 0 Å². The summed E-state index contributed by atoms with van der Waals surface area (Å²) in [5.74, 6) is -2.52. The van der Waals surface area contributed by atoms with E-state index in [4.69, 9.17) is 0 Å². The van der Waals surface area contributed by atoms with Gasteiger partial charge in [0.25, 0.3) is 0 Å². The Morgan fingerprint density at radius 2 is 0.696 bits per heavy atom. The van der Waals surface area contributed by atoms with E-state index in [1.165, 1.54) is 24.0 Å². The third kappa shape index (κ3) is 10.9. The van der Waals surface area contributed by atoms with Gasteiger partial charge in [-0.05, 0) is 0 Å². The molecule has 2 unspecified atom stereocenters. The van der Waals surface area contributed by atoms with Gasteiger partial charge in [-0.2, -0.15) is 0 Å². The van der Waals surface area contributed by atoms with Gasteiger partial charge in [-0.25, -0.2) is 0 Å². The van der Waals surface area contributed by atoms with Crippen LogP contribution in [-0.4, -0.2) is 25.1 Å². The summed E-state index contributed by atoms with van der Waals surface area (Å²) in [5, 5.41) is 6.42. The minimum absolute atomic E-state index is 0. The zero-order valence-corrected chi connectivity index (χ0v) is 43.4. The number of fused-ring (bicyclic) bond motifs is 2. The molecule has 0 fully saturated rings. The van der Waals surface area contributed by atoms with Crippen molar-refractivity contribution in [3.63, 3.8) is 0 Å². The number of halogens is 2. The zero-order valence-electron chi connectivity index (χ0n) is 32.4. The Hall–Kier alpha value is -2.53. The molecule has 0 saturated heterocycles. The molecule has 284 valence electrons. The maximum absolute atomic E-state index is 4.17. The topological polar surface area (TPSA) is 24.1 Å². The van der Waals surface area contributed by atoms with Crippen molar-refractivity contribution in [3.05, 3.63) is 204 Å². The molecule has 0 heterocycles. The molecule has 0 saturated carbocycles. The van der Waals surface area contributed by atoms with Crippen molar-refractivity contribution in [3.8, 4) is 0 Å². The molecule has 0 spiro atoms. The van der Waals surface area contributed by atoms with Gasteiger partial charge in [-0.1, -0.05) is 0 Å². The van der Waals surface area contributed by atoms with E-state index in [0.29, 0.717) is 7.35 Å². The first kappa shape index (κ1) is 44.6. The van der Waals surface area contributed by atoms with Crippen molar-refractivity contribution in [2.45, 2.75) is 34.0 Å². The molecule has 0 aromatic heterocycles. The van der Waals surface area contributed by atoms with Crippen LogP contribution in [0.15, 0.2) is 182 Å². The summed E-state index contributed by atoms with van der Waals surface area (Å²) < 4.78 is 9.64. The van der Waals surface area contributed by atoms with Crippen LogP contribution in [0.25, 0.3) is 12.2 Å². The van der Waals surface area contributed by atoms with Crippen LogP contribution < -0.4 is 52.2 Å². The molecular formula is C48H52Cl2Hf2N2Si2. The Morgan fingerprint density at radius 1 is 0.411 bits per heavy atom. The minimum atomic E-state index is -2.25. The van der Waals surface area contributed by atoms with Crippen molar-refractivity contribution in [1.29, 1.82) is 0 Å². The van der Waals surface area contributed by atoms with E-state index in [1.807, 2.05) is 0 Å². The van der Waals surface area contributed by atoms with E-state index in [9.17, 15) is 0 Å². The Balaban J connectivity index is 0.000000207. The third-order valence-corrected chi connectivity index (χ3v) is 66.2. The summed E-state index contributed by atoms with van der Waals surface area (Å²) >= 11 is -4.49. The molecule has 56 heavy (non-hydrogen) atoms. The van der Waals surface area contributed by atoms with Crippen molar-refractivity contribution in [2.75, 3.05) is 13.1 Å².